The molecule has 1 aliphatic rings. The van der Waals surface area contributed by atoms with Crippen molar-refractivity contribution in [2.24, 2.45) is 5.92 Å². The number of fused-ring (bicyclic) bond motifs is 3. The third-order valence-corrected chi connectivity index (χ3v) is 7.03. The Morgan fingerprint density at radius 3 is 2.79 bits per heavy atom. The number of amides is 1. The topological polar surface area (TPSA) is 135 Å². The minimum absolute atomic E-state index is 0.0602. The number of ether oxygens (including phenoxy) is 2. The van der Waals surface area contributed by atoms with Crippen LogP contribution in [-0.2, 0) is 27.5 Å². The maximum Gasteiger partial charge on any atom is 0.223 e. The van der Waals surface area contributed by atoms with E-state index < -0.39 is 9.84 Å². The van der Waals surface area contributed by atoms with Crippen LogP contribution in [0.25, 0.3) is 11.0 Å². The number of aromatic amines is 1. The highest BCUT2D eigenvalue weighted by Gasteiger charge is 2.29. The van der Waals surface area contributed by atoms with Gasteiger partial charge in [-0.2, -0.15) is 0 Å². The first kappa shape index (κ1) is 23.8. The molecule has 3 N–H and O–H groups in total. The molecule has 11 heteroatoms. The summed E-state index contributed by atoms with van der Waals surface area (Å²) in [4.78, 5) is 25.0. The van der Waals surface area contributed by atoms with Crippen LogP contribution in [0, 0.1) is 5.92 Å². The fourth-order valence-corrected chi connectivity index (χ4v) is 4.96. The maximum atomic E-state index is 12.8. The van der Waals surface area contributed by atoms with E-state index in [2.05, 4.69) is 25.6 Å². The molecule has 1 aliphatic carbocycles. The first-order chi connectivity index (χ1) is 16.3. The van der Waals surface area contributed by atoms with Gasteiger partial charge >= 0.3 is 0 Å². The summed E-state index contributed by atoms with van der Waals surface area (Å²) in [5, 5.41) is 7.08. The molecule has 2 aromatic heterocycles. The Morgan fingerprint density at radius 1 is 1.24 bits per heavy atom. The average molecular weight is 488 g/mol. The number of carbonyl (C=O) groups excluding carboxylic acids is 1. The molecule has 4 rings (SSSR count). The number of carbonyl (C=O) groups is 1. The summed E-state index contributed by atoms with van der Waals surface area (Å²) in [5.41, 5.74) is 3.48. The fourth-order valence-electron chi connectivity index (χ4n) is 4.29. The molecule has 0 radical (unpaired) electrons. The summed E-state index contributed by atoms with van der Waals surface area (Å²) < 4.78 is 33.4. The van der Waals surface area contributed by atoms with Gasteiger partial charge in [0.05, 0.1) is 31.0 Å². The van der Waals surface area contributed by atoms with Crippen LogP contribution < -0.4 is 20.1 Å². The Kier molecular flexibility index (Phi) is 6.92. The smallest absolute Gasteiger partial charge is 0.223 e. The van der Waals surface area contributed by atoms with Crippen molar-refractivity contribution >= 4 is 38.3 Å². The molecule has 3 aromatic rings. The van der Waals surface area contributed by atoms with Gasteiger partial charge in [0.15, 0.2) is 0 Å². The van der Waals surface area contributed by atoms with Gasteiger partial charge in [0.1, 0.15) is 39.1 Å². The van der Waals surface area contributed by atoms with Crippen LogP contribution in [0.15, 0.2) is 24.5 Å². The minimum Gasteiger partial charge on any atom is -0.497 e. The number of nitrogens with zero attached hydrogens (tertiary/aromatic N) is 2. The second-order valence-electron chi connectivity index (χ2n) is 8.43. The lowest BCUT2D eigenvalue weighted by Gasteiger charge is -2.22. The Hall–Kier alpha value is -3.34. The van der Waals surface area contributed by atoms with Crippen LogP contribution in [0.3, 0.4) is 0 Å². The third kappa shape index (κ3) is 5.24. The summed E-state index contributed by atoms with van der Waals surface area (Å²) in [6, 6.07) is 5.46. The summed E-state index contributed by atoms with van der Waals surface area (Å²) in [6.45, 7) is 0.342. The second kappa shape index (κ2) is 9.88. The molecule has 0 saturated carbocycles. The number of aromatic nitrogens is 3. The molecule has 0 spiro atoms. The van der Waals surface area contributed by atoms with Crippen molar-refractivity contribution in [2.75, 3.05) is 38.1 Å². The highest BCUT2D eigenvalue weighted by molar-refractivity contribution is 7.90. The Morgan fingerprint density at radius 2 is 2.06 bits per heavy atom. The summed E-state index contributed by atoms with van der Waals surface area (Å²) in [6.07, 6.45) is 5.06. The predicted octanol–water partition coefficient (Wildman–Crippen LogP) is 2.37. The monoisotopic (exact) mass is 487 g/mol. The van der Waals surface area contributed by atoms with Gasteiger partial charge < -0.3 is 25.1 Å². The lowest BCUT2D eigenvalue weighted by atomic mass is 9.86. The molecule has 2 heterocycles. The van der Waals surface area contributed by atoms with Gasteiger partial charge in [0.2, 0.25) is 5.91 Å². The molecule has 182 valence electrons. The molecular formula is C23H29N5O5S. The van der Waals surface area contributed by atoms with Crippen molar-refractivity contribution in [2.45, 2.75) is 25.7 Å². The van der Waals surface area contributed by atoms with E-state index in [9.17, 15) is 13.2 Å². The van der Waals surface area contributed by atoms with E-state index in [1.165, 1.54) is 12.6 Å². The minimum atomic E-state index is -3.04. The van der Waals surface area contributed by atoms with Crippen molar-refractivity contribution in [3.8, 4) is 11.5 Å². The average Bonchev–Trinajstić information content (AvgIpc) is 3.19. The van der Waals surface area contributed by atoms with Gasteiger partial charge in [0.25, 0.3) is 0 Å². The van der Waals surface area contributed by atoms with E-state index in [0.717, 1.165) is 23.1 Å². The number of nitrogens with one attached hydrogen (secondary N) is 3. The molecule has 1 unspecified atom stereocenters. The number of benzene rings is 1. The Bertz CT molecular complexity index is 1300. The van der Waals surface area contributed by atoms with Crippen LogP contribution in [0.1, 0.15) is 24.1 Å². The highest BCUT2D eigenvalue weighted by Crippen LogP contribution is 2.37. The van der Waals surface area contributed by atoms with Crippen molar-refractivity contribution in [3.05, 3.63) is 35.8 Å². The largest absolute Gasteiger partial charge is 0.497 e. The van der Waals surface area contributed by atoms with E-state index in [1.54, 1.807) is 14.2 Å². The number of hydrogen-bond acceptors (Lipinski definition) is 8. The first-order valence-electron chi connectivity index (χ1n) is 11.1. The lowest BCUT2D eigenvalue weighted by Crippen LogP contribution is -2.35. The van der Waals surface area contributed by atoms with Crippen LogP contribution in [-0.4, -0.2) is 62.0 Å². The molecular weight excluding hydrogens is 458 g/mol. The number of hydrogen-bond donors (Lipinski definition) is 3. The SMILES string of the molecule is COc1ccc(OC)c(Nc2ncnc3[nH]c4c(c23)CC(C(=O)NCCCS(C)(=O)=O)CC4)c1. The van der Waals surface area contributed by atoms with Crippen molar-refractivity contribution in [1.29, 1.82) is 0 Å². The van der Waals surface area contributed by atoms with E-state index in [0.29, 0.717) is 54.5 Å². The van der Waals surface area contributed by atoms with Crippen LogP contribution in [0.5, 0.6) is 11.5 Å². The van der Waals surface area contributed by atoms with E-state index >= 15 is 0 Å². The molecule has 0 aliphatic heterocycles. The summed E-state index contributed by atoms with van der Waals surface area (Å²) in [7, 11) is 0.161. The lowest BCUT2D eigenvalue weighted by molar-refractivity contribution is -0.125. The summed E-state index contributed by atoms with van der Waals surface area (Å²) in [5.74, 6) is 1.73. The second-order valence-corrected chi connectivity index (χ2v) is 10.7. The molecule has 1 amide bonds. The zero-order valence-electron chi connectivity index (χ0n) is 19.5. The summed E-state index contributed by atoms with van der Waals surface area (Å²) >= 11 is 0. The number of aryl methyl sites for hydroxylation is 1. The predicted molar refractivity (Wildman–Crippen MR) is 130 cm³/mol. The Labute approximate surface area is 198 Å². The highest BCUT2D eigenvalue weighted by atomic mass is 32.2. The molecule has 1 atom stereocenters. The quantitative estimate of drug-likeness (QED) is 0.392. The van der Waals surface area contributed by atoms with Crippen LogP contribution in [0.2, 0.25) is 0 Å². The number of sulfone groups is 1. The van der Waals surface area contributed by atoms with Gasteiger partial charge in [-0.3, -0.25) is 4.79 Å². The Balaban J connectivity index is 1.56. The third-order valence-electron chi connectivity index (χ3n) is 6.00. The molecule has 0 fully saturated rings. The number of anilines is 2. The van der Waals surface area contributed by atoms with Crippen LogP contribution in [0.4, 0.5) is 11.5 Å². The fraction of sp³-hybridized carbons (Fsp3) is 0.435. The molecule has 34 heavy (non-hydrogen) atoms. The van der Waals surface area contributed by atoms with Gasteiger partial charge in [-0.25, -0.2) is 18.4 Å². The van der Waals surface area contributed by atoms with E-state index in [1.807, 2.05) is 18.2 Å². The molecule has 0 bridgehead atoms. The number of H-pyrrole nitrogens is 1. The standard InChI is InChI=1S/C23H29N5O5S/c1-32-15-6-8-19(33-2)18(12-15)28-22-20-16-11-14(23(29)24-9-4-10-34(3,30)31)5-7-17(16)27-21(20)25-13-26-22/h6,8,12-14H,4-5,7,9-11H2,1-3H3,(H,24,29)(H2,25,26,27,28). The van der Waals surface area contributed by atoms with E-state index in [4.69, 9.17) is 9.47 Å². The van der Waals surface area contributed by atoms with Crippen molar-refractivity contribution < 1.29 is 22.7 Å². The van der Waals surface area contributed by atoms with Gasteiger partial charge in [0, 0.05) is 30.5 Å². The molecule has 10 nitrogen and oxygen atoms in total. The number of methoxy groups -OCH3 is 2. The number of rotatable bonds is 9. The normalized spacial score (nSPS) is 15.6. The van der Waals surface area contributed by atoms with Gasteiger partial charge in [-0.1, -0.05) is 0 Å². The van der Waals surface area contributed by atoms with Crippen molar-refractivity contribution in [1.82, 2.24) is 20.3 Å². The van der Waals surface area contributed by atoms with Crippen LogP contribution >= 0.6 is 0 Å². The maximum absolute atomic E-state index is 12.8. The first-order valence-corrected chi connectivity index (χ1v) is 13.1. The van der Waals surface area contributed by atoms with E-state index in [-0.39, 0.29) is 17.6 Å². The van der Waals surface area contributed by atoms with Gasteiger partial charge in [-0.05, 0) is 43.4 Å². The molecule has 0 saturated heterocycles. The van der Waals surface area contributed by atoms with Crippen molar-refractivity contribution in [3.63, 3.8) is 0 Å². The van der Waals surface area contributed by atoms with Gasteiger partial charge in [-0.15, -0.1) is 0 Å². The zero-order chi connectivity index (χ0) is 24.3. The zero-order valence-corrected chi connectivity index (χ0v) is 20.3. The molecule has 1 aromatic carbocycles.